The molecule has 0 spiro atoms. The Hall–Kier alpha value is -3.13. The van der Waals surface area contributed by atoms with Crippen molar-refractivity contribution in [2.45, 2.75) is 6.54 Å². The smallest absolute Gasteiger partial charge is 0.335 e. The van der Waals surface area contributed by atoms with Crippen LogP contribution < -0.4 is 14.8 Å². The molecular weight excluding hydrogens is 294 g/mol. The normalized spacial score (nSPS) is 9.74. The molecule has 0 bridgehead atoms. The predicted octanol–water partition coefficient (Wildman–Crippen LogP) is 3.02. The van der Waals surface area contributed by atoms with E-state index in [1.54, 1.807) is 31.4 Å². The number of carbonyl (C=O) groups is 1. The SMILES string of the molecule is C#CCOc1ccc(CNc2cccc(C(=O)O)c2)cc1OC. The van der Waals surface area contributed by atoms with Gasteiger partial charge in [-0.05, 0) is 35.9 Å². The molecule has 0 aliphatic rings. The van der Waals surface area contributed by atoms with Crippen molar-refractivity contribution in [3.8, 4) is 23.8 Å². The van der Waals surface area contributed by atoms with Crippen molar-refractivity contribution < 1.29 is 19.4 Å². The third-order valence-corrected chi connectivity index (χ3v) is 3.15. The Morgan fingerprint density at radius 1 is 1.26 bits per heavy atom. The first-order valence-electron chi connectivity index (χ1n) is 6.94. The Balaban J connectivity index is 2.07. The van der Waals surface area contributed by atoms with Crippen molar-refractivity contribution in [3.05, 3.63) is 53.6 Å². The minimum absolute atomic E-state index is 0.177. The molecule has 0 saturated heterocycles. The fourth-order valence-electron chi connectivity index (χ4n) is 2.03. The zero-order valence-corrected chi connectivity index (χ0v) is 12.7. The lowest BCUT2D eigenvalue weighted by Crippen LogP contribution is -2.03. The van der Waals surface area contributed by atoms with Crippen molar-refractivity contribution in [1.82, 2.24) is 0 Å². The van der Waals surface area contributed by atoms with Crippen LogP contribution in [0.4, 0.5) is 5.69 Å². The monoisotopic (exact) mass is 311 g/mol. The van der Waals surface area contributed by atoms with E-state index in [9.17, 15) is 4.79 Å². The average Bonchev–Trinajstić information content (AvgIpc) is 2.58. The minimum Gasteiger partial charge on any atom is -0.493 e. The lowest BCUT2D eigenvalue weighted by atomic mass is 10.1. The van der Waals surface area contributed by atoms with Crippen LogP contribution in [0.2, 0.25) is 0 Å². The number of rotatable bonds is 7. The van der Waals surface area contributed by atoms with E-state index < -0.39 is 5.97 Å². The number of anilines is 1. The number of benzene rings is 2. The van der Waals surface area contributed by atoms with Crippen molar-refractivity contribution >= 4 is 11.7 Å². The molecule has 0 radical (unpaired) electrons. The van der Waals surface area contributed by atoms with Gasteiger partial charge in [0.15, 0.2) is 11.5 Å². The van der Waals surface area contributed by atoms with Gasteiger partial charge in [-0.25, -0.2) is 4.79 Å². The van der Waals surface area contributed by atoms with Gasteiger partial charge < -0.3 is 19.9 Å². The molecule has 0 saturated carbocycles. The quantitative estimate of drug-likeness (QED) is 0.769. The van der Waals surface area contributed by atoms with Crippen LogP contribution in [-0.2, 0) is 6.54 Å². The lowest BCUT2D eigenvalue weighted by Gasteiger charge is -2.12. The van der Waals surface area contributed by atoms with Crippen molar-refractivity contribution in [2.75, 3.05) is 19.0 Å². The van der Waals surface area contributed by atoms with Crippen LogP contribution in [0, 0.1) is 12.3 Å². The van der Waals surface area contributed by atoms with Crippen LogP contribution in [0.3, 0.4) is 0 Å². The van der Waals surface area contributed by atoms with Gasteiger partial charge in [-0.1, -0.05) is 18.1 Å². The van der Waals surface area contributed by atoms with E-state index in [4.69, 9.17) is 21.0 Å². The standard InChI is InChI=1S/C18H17NO4/c1-3-9-23-16-8-7-13(10-17(16)22-2)12-19-15-6-4-5-14(11-15)18(20)21/h1,4-8,10-11,19H,9,12H2,2H3,(H,20,21). The maximum atomic E-state index is 11.0. The number of nitrogens with one attached hydrogen (secondary N) is 1. The highest BCUT2D eigenvalue weighted by atomic mass is 16.5. The van der Waals surface area contributed by atoms with E-state index in [-0.39, 0.29) is 12.2 Å². The Kier molecular flexibility index (Phi) is 5.48. The summed E-state index contributed by atoms with van der Waals surface area (Å²) >= 11 is 0. The van der Waals surface area contributed by atoms with Crippen LogP contribution in [0.1, 0.15) is 15.9 Å². The third kappa shape index (κ3) is 4.42. The molecule has 2 rings (SSSR count). The number of hydrogen-bond donors (Lipinski definition) is 2. The van der Waals surface area contributed by atoms with Gasteiger partial charge in [-0.2, -0.15) is 0 Å². The molecule has 2 N–H and O–H groups in total. The van der Waals surface area contributed by atoms with E-state index in [1.165, 1.54) is 0 Å². The van der Waals surface area contributed by atoms with Crippen LogP contribution in [-0.4, -0.2) is 24.8 Å². The molecule has 0 heterocycles. The van der Waals surface area contributed by atoms with Gasteiger partial charge in [-0.15, -0.1) is 6.42 Å². The minimum atomic E-state index is -0.953. The number of aromatic carboxylic acids is 1. The summed E-state index contributed by atoms with van der Waals surface area (Å²) in [5, 5.41) is 12.2. The molecule has 0 fully saturated rings. The van der Waals surface area contributed by atoms with E-state index in [1.807, 2.05) is 18.2 Å². The molecule has 0 amide bonds. The van der Waals surface area contributed by atoms with Crippen molar-refractivity contribution in [1.29, 1.82) is 0 Å². The highest BCUT2D eigenvalue weighted by molar-refractivity contribution is 5.88. The summed E-state index contributed by atoms with van der Waals surface area (Å²) in [6.07, 6.45) is 5.18. The molecule has 2 aromatic carbocycles. The van der Waals surface area contributed by atoms with Gasteiger partial charge >= 0.3 is 5.97 Å². The molecule has 0 atom stereocenters. The number of carboxylic acids is 1. The van der Waals surface area contributed by atoms with Crippen LogP contribution in [0.5, 0.6) is 11.5 Å². The maximum Gasteiger partial charge on any atom is 0.335 e. The second-order valence-corrected chi connectivity index (χ2v) is 4.72. The van der Waals surface area contributed by atoms with E-state index in [0.29, 0.717) is 18.0 Å². The molecule has 0 aliphatic heterocycles. The molecule has 2 aromatic rings. The number of carboxylic acid groups (broad SMARTS) is 1. The molecule has 0 aromatic heterocycles. The van der Waals surface area contributed by atoms with Crippen molar-refractivity contribution in [3.63, 3.8) is 0 Å². The lowest BCUT2D eigenvalue weighted by molar-refractivity contribution is 0.0697. The number of ether oxygens (including phenoxy) is 2. The molecule has 23 heavy (non-hydrogen) atoms. The fraction of sp³-hybridized carbons (Fsp3) is 0.167. The number of methoxy groups -OCH3 is 1. The first kappa shape index (κ1) is 16.2. The van der Waals surface area contributed by atoms with Gasteiger partial charge in [0.25, 0.3) is 0 Å². The molecular formula is C18H17NO4. The molecule has 118 valence electrons. The summed E-state index contributed by atoms with van der Waals surface area (Å²) in [4.78, 5) is 11.0. The Morgan fingerprint density at radius 3 is 2.78 bits per heavy atom. The molecule has 0 aliphatic carbocycles. The first-order valence-corrected chi connectivity index (χ1v) is 6.94. The molecule has 0 unspecified atom stereocenters. The topological polar surface area (TPSA) is 67.8 Å². The van der Waals surface area contributed by atoms with Gasteiger partial charge in [0.1, 0.15) is 6.61 Å². The third-order valence-electron chi connectivity index (χ3n) is 3.15. The highest BCUT2D eigenvalue weighted by Crippen LogP contribution is 2.28. The predicted molar refractivity (Wildman–Crippen MR) is 88.1 cm³/mol. The van der Waals surface area contributed by atoms with Gasteiger partial charge in [0, 0.05) is 12.2 Å². The summed E-state index contributed by atoms with van der Waals surface area (Å²) in [6.45, 7) is 0.699. The Labute approximate surface area is 134 Å². The summed E-state index contributed by atoms with van der Waals surface area (Å²) in [5.74, 6) is 2.63. The summed E-state index contributed by atoms with van der Waals surface area (Å²) in [5.41, 5.74) is 1.94. The first-order chi connectivity index (χ1) is 11.1. The summed E-state index contributed by atoms with van der Waals surface area (Å²) < 4.78 is 10.7. The second-order valence-electron chi connectivity index (χ2n) is 4.72. The maximum absolute atomic E-state index is 11.0. The average molecular weight is 311 g/mol. The van der Waals surface area contributed by atoms with Crippen LogP contribution >= 0.6 is 0 Å². The Bertz CT molecular complexity index is 734. The van der Waals surface area contributed by atoms with E-state index >= 15 is 0 Å². The second kappa shape index (κ2) is 7.76. The molecule has 5 nitrogen and oxygen atoms in total. The molecule has 5 heteroatoms. The highest BCUT2D eigenvalue weighted by Gasteiger charge is 2.06. The zero-order chi connectivity index (χ0) is 16.7. The summed E-state index contributed by atoms with van der Waals surface area (Å²) in [6, 6.07) is 12.2. The zero-order valence-electron chi connectivity index (χ0n) is 12.7. The van der Waals surface area contributed by atoms with Crippen molar-refractivity contribution in [2.24, 2.45) is 0 Å². The summed E-state index contributed by atoms with van der Waals surface area (Å²) in [7, 11) is 1.56. The number of terminal acetylenes is 1. The fourth-order valence-corrected chi connectivity index (χ4v) is 2.03. The van der Waals surface area contributed by atoms with Crippen LogP contribution in [0.25, 0.3) is 0 Å². The van der Waals surface area contributed by atoms with Gasteiger partial charge in [0.05, 0.1) is 12.7 Å². The Morgan fingerprint density at radius 2 is 2.09 bits per heavy atom. The number of hydrogen-bond acceptors (Lipinski definition) is 4. The largest absolute Gasteiger partial charge is 0.493 e. The van der Waals surface area contributed by atoms with Gasteiger partial charge in [0.2, 0.25) is 0 Å². The van der Waals surface area contributed by atoms with Gasteiger partial charge in [-0.3, -0.25) is 0 Å². The van der Waals surface area contributed by atoms with E-state index in [0.717, 1.165) is 11.3 Å². The van der Waals surface area contributed by atoms with Crippen LogP contribution in [0.15, 0.2) is 42.5 Å². The van der Waals surface area contributed by atoms with E-state index in [2.05, 4.69) is 11.2 Å².